The lowest BCUT2D eigenvalue weighted by Gasteiger charge is -2.06. The first-order chi connectivity index (χ1) is 5.57. The summed E-state index contributed by atoms with van der Waals surface area (Å²) in [5, 5.41) is -0.741. The molecule has 0 saturated heterocycles. The van der Waals surface area contributed by atoms with Crippen LogP contribution in [0.15, 0.2) is 11.3 Å². The maximum atomic E-state index is 11.3. The predicted octanol–water partition coefficient (Wildman–Crippen LogP) is -0.477. The van der Waals surface area contributed by atoms with Gasteiger partial charge in [0, 0.05) is 22.2 Å². The standard InChI is InChI=1S/C7H11NO3S/c1-4-3-12(10)6(5(4)8)7(9)11-2/h6H,3,8H2,1-2H3/t6-,12+/m1/s1. The van der Waals surface area contributed by atoms with Crippen LogP contribution in [-0.2, 0) is 20.3 Å². The van der Waals surface area contributed by atoms with Gasteiger partial charge in [0.05, 0.1) is 7.11 Å². The van der Waals surface area contributed by atoms with E-state index in [1.807, 2.05) is 0 Å². The molecule has 4 nitrogen and oxygen atoms in total. The molecule has 0 aromatic rings. The molecule has 1 heterocycles. The molecule has 2 N–H and O–H groups in total. The van der Waals surface area contributed by atoms with Crippen LogP contribution in [0.2, 0.25) is 0 Å². The zero-order valence-corrected chi connectivity index (χ0v) is 7.81. The summed E-state index contributed by atoms with van der Waals surface area (Å²) in [6, 6.07) is 0. The molecule has 0 saturated carbocycles. The maximum absolute atomic E-state index is 11.3. The van der Waals surface area contributed by atoms with E-state index in [0.29, 0.717) is 11.4 Å². The number of hydrogen-bond donors (Lipinski definition) is 1. The van der Waals surface area contributed by atoms with E-state index < -0.39 is 22.0 Å². The Morgan fingerprint density at radius 2 is 2.33 bits per heavy atom. The highest BCUT2D eigenvalue weighted by molar-refractivity contribution is 7.87. The number of methoxy groups -OCH3 is 1. The van der Waals surface area contributed by atoms with Crippen molar-refractivity contribution in [3.05, 3.63) is 11.3 Å². The van der Waals surface area contributed by atoms with E-state index in [1.165, 1.54) is 7.11 Å². The van der Waals surface area contributed by atoms with Crippen LogP contribution in [-0.4, -0.2) is 28.3 Å². The molecule has 0 radical (unpaired) electrons. The lowest BCUT2D eigenvalue weighted by Crippen LogP contribution is -2.29. The predicted molar refractivity (Wildman–Crippen MR) is 45.7 cm³/mol. The Hall–Kier alpha value is -0.840. The normalized spacial score (nSPS) is 29.2. The Morgan fingerprint density at radius 3 is 2.67 bits per heavy atom. The Kier molecular flexibility index (Phi) is 2.52. The summed E-state index contributed by atoms with van der Waals surface area (Å²) >= 11 is 0. The van der Waals surface area contributed by atoms with E-state index in [-0.39, 0.29) is 0 Å². The van der Waals surface area contributed by atoms with Crippen molar-refractivity contribution < 1.29 is 13.7 Å². The van der Waals surface area contributed by atoms with Crippen LogP contribution >= 0.6 is 0 Å². The molecule has 5 heteroatoms. The van der Waals surface area contributed by atoms with Gasteiger partial charge in [-0.2, -0.15) is 0 Å². The van der Waals surface area contributed by atoms with Crippen molar-refractivity contribution in [1.82, 2.24) is 0 Å². The van der Waals surface area contributed by atoms with Gasteiger partial charge in [0.1, 0.15) is 0 Å². The molecule has 0 aromatic carbocycles. The van der Waals surface area contributed by atoms with Gasteiger partial charge in [-0.05, 0) is 12.5 Å². The van der Waals surface area contributed by atoms with Crippen LogP contribution in [0.4, 0.5) is 0 Å². The van der Waals surface area contributed by atoms with Crippen molar-refractivity contribution in [2.45, 2.75) is 12.2 Å². The minimum absolute atomic E-state index is 0.381. The van der Waals surface area contributed by atoms with Gasteiger partial charge in [0.25, 0.3) is 0 Å². The zero-order chi connectivity index (χ0) is 9.30. The Morgan fingerprint density at radius 1 is 1.75 bits per heavy atom. The minimum Gasteiger partial charge on any atom is -0.468 e. The molecule has 0 bridgehead atoms. The molecule has 2 atom stereocenters. The van der Waals surface area contributed by atoms with Crippen LogP contribution in [0.1, 0.15) is 6.92 Å². The number of ether oxygens (including phenoxy) is 1. The summed E-state index contributed by atoms with van der Waals surface area (Å²) in [6.07, 6.45) is 0. The van der Waals surface area contributed by atoms with Crippen LogP contribution in [0, 0.1) is 0 Å². The number of carbonyl (C=O) groups is 1. The summed E-state index contributed by atoms with van der Waals surface area (Å²) < 4.78 is 15.8. The second kappa shape index (κ2) is 3.26. The van der Waals surface area contributed by atoms with Crippen molar-refractivity contribution in [2.75, 3.05) is 12.9 Å². The van der Waals surface area contributed by atoms with E-state index in [2.05, 4.69) is 4.74 Å². The van der Waals surface area contributed by atoms with Crippen molar-refractivity contribution in [1.29, 1.82) is 0 Å². The fourth-order valence-electron chi connectivity index (χ4n) is 1.09. The maximum Gasteiger partial charge on any atom is 0.327 e. The summed E-state index contributed by atoms with van der Waals surface area (Å²) in [7, 11) is 0.0400. The average Bonchev–Trinajstić information content (AvgIpc) is 2.26. The molecule has 0 spiro atoms. The van der Waals surface area contributed by atoms with Gasteiger partial charge in [-0.25, -0.2) is 0 Å². The van der Waals surface area contributed by atoms with E-state index in [0.717, 1.165) is 5.57 Å². The Bertz CT molecular complexity index is 272. The highest BCUT2D eigenvalue weighted by Crippen LogP contribution is 2.20. The molecule has 0 unspecified atom stereocenters. The summed E-state index contributed by atoms with van der Waals surface area (Å²) in [5.41, 5.74) is 6.80. The van der Waals surface area contributed by atoms with Crippen LogP contribution < -0.4 is 5.73 Å². The van der Waals surface area contributed by atoms with Crippen molar-refractivity contribution >= 4 is 16.8 Å². The highest BCUT2D eigenvalue weighted by atomic mass is 32.2. The molecule has 1 aliphatic heterocycles. The first-order valence-corrected chi connectivity index (χ1v) is 4.86. The Labute approximate surface area is 73.2 Å². The lowest BCUT2D eigenvalue weighted by atomic mass is 10.2. The molecule has 0 aliphatic carbocycles. The van der Waals surface area contributed by atoms with Crippen LogP contribution in [0.5, 0.6) is 0 Å². The van der Waals surface area contributed by atoms with Crippen molar-refractivity contribution in [2.24, 2.45) is 5.73 Å². The first-order valence-electron chi connectivity index (χ1n) is 3.48. The molecule has 0 fully saturated rings. The van der Waals surface area contributed by atoms with Gasteiger partial charge < -0.3 is 10.5 Å². The van der Waals surface area contributed by atoms with Crippen molar-refractivity contribution in [3.63, 3.8) is 0 Å². The smallest absolute Gasteiger partial charge is 0.327 e. The fraction of sp³-hybridized carbons (Fsp3) is 0.571. The summed E-state index contributed by atoms with van der Waals surface area (Å²) in [6.45, 7) is 1.77. The van der Waals surface area contributed by atoms with Gasteiger partial charge in [0.15, 0.2) is 5.25 Å². The third-order valence-electron chi connectivity index (χ3n) is 1.81. The number of hydrogen-bond acceptors (Lipinski definition) is 4. The van der Waals surface area contributed by atoms with E-state index >= 15 is 0 Å². The molecular formula is C7H11NO3S. The number of nitrogens with two attached hydrogens (primary N) is 1. The van der Waals surface area contributed by atoms with E-state index in [1.54, 1.807) is 6.92 Å². The average molecular weight is 189 g/mol. The van der Waals surface area contributed by atoms with E-state index in [9.17, 15) is 9.00 Å². The second-order valence-electron chi connectivity index (χ2n) is 2.66. The number of esters is 1. The molecular weight excluding hydrogens is 178 g/mol. The number of carbonyl (C=O) groups excluding carboxylic acids is 1. The SMILES string of the molecule is COC(=O)[C@H]1C(N)=C(C)C[S@@]1=O. The van der Waals surface area contributed by atoms with Crippen LogP contribution in [0.3, 0.4) is 0 Å². The van der Waals surface area contributed by atoms with Gasteiger partial charge in [0.2, 0.25) is 0 Å². The monoisotopic (exact) mass is 189 g/mol. The second-order valence-corrected chi connectivity index (χ2v) is 4.19. The summed E-state index contributed by atoms with van der Waals surface area (Å²) in [5.74, 6) is -0.131. The quantitative estimate of drug-likeness (QED) is 0.566. The van der Waals surface area contributed by atoms with E-state index in [4.69, 9.17) is 5.73 Å². The zero-order valence-electron chi connectivity index (χ0n) is 6.99. The Balaban J connectivity index is 2.91. The van der Waals surface area contributed by atoms with Gasteiger partial charge >= 0.3 is 5.97 Å². The molecule has 1 rings (SSSR count). The number of rotatable bonds is 1. The van der Waals surface area contributed by atoms with Crippen molar-refractivity contribution in [3.8, 4) is 0 Å². The molecule has 1 aliphatic rings. The topological polar surface area (TPSA) is 69.4 Å². The van der Waals surface area contributed by atoms with Gasteiger partial charge in [-0.15, -0.1) is 0 Å². The van der Waals surface area contributed by atoms with Gasteiger partial charge in [-0.3, -0.25) is 9.00 Å². The van der Waals surface area contributed by atoms with Gasteiger partial charge in [-0.1, -0.05) is 0 Å². The fourth-order valence-corrected chi connectivity index (χ4v) is 2.64. The molecule has 0 amide bonds. The molecule has 0 aromatic heterocycles. The molecule has 12 heavy (non-hydrogen) atoms. The third-order valence-corrected chi connectivity index (χ3v) is 3.50. The highest BCUT2D eigenvalue weighted by Gasteiger charge is 2.35. The first kappa shape index (κ1) is 9.25. The van der Waals surface area contributed by atoms with Crippen LogP contribution in [0.25, 0.3) is 0 Å². The largest absolute Gasteiger partial charge is 0.468 e. The third kappa shape index (κ3) is 1.36. The molecule has 68 valence electrons. The lowest BCUT2D eigenvalue weighted by molar-refractivity contribution is -0.139. The summed E-state index contributed by atoms with van der Waals surface area (Å²) in [4.78, 5) is 11.1. The minimum atomic E-state index is -1.22.